The van der Waals surface area contributed by atoms with Crippen molar-refractivity contribution < 1.29 is 9.18 Å². The van der Waals surface area contributed by atoms with E-state index in [1.54, 1.807) is 17.9 Å². The van der Waals surface area contributed by atoms with Crippen LogP contribution in [0.2, 0.25) is 0 Å². The average molecular weight is 326 g/mol. The van der Waals surface area contributed by atoms with Crippen molar-refractivity contribution in [2.45, 2.75) is 13.3 Å². The zero-order valence-electron chi connectivity index (χ0n) is 10.6. The first-order chi connectivity index (χ1) is 9.01. The predicted octanol–water partition coefficient (Wildman–Crippen LogP) is 3.14. The summed E-state index contributed by atoms with van der Waals surface area (Å²) in [6, 6.07) is 4.11. The molecule has 0 aliphatic heterocycles. The number of nitrogens with zero attached hydrogens (tertiary/aromatic N) is 2. The van der Waals surface area contributed by atoms with Crippen molar-refractivity contribution in [3.05, 3.63) is 45.9 Å². The fourth-order valence-corrected chi connectivity index (χ4v) is 2.22. The molecule has 1 aromatic heterocycles. The lowest BCUT2D eigenvalue weighted by molar-refractivity contribution is 0.102. The van der Waals surface area contributed by atoms with Gasteiger partial charge in [-0.1, -0.05) is 6.92 Å². The number of rotatable bonds is 3. The van der Waals surface area contributed by atoms with Gasteiger partial charge in [0.2, 0.25) is 0 Å². The number of anilines is 1. The van der Waals surface area contributed by atoms with Gasteiger partial charge in [0.25, 0.3) is 5.91 Å². The maximum Gasteiger partial charge on any atom is 0.259 e. The Bertz CT molecular complexity index is 624. The highest BCUT2D eigenvalue weighted by Gasteiger charge is 2.15. The largest absolute Gasteiger partial charge is 0.321 e. The maximum absolute atomic E-state index is 13.0. The Balaban J connectivity index is 2.25. The lowest BCUT2D eigenvalue weighted by Crippen LogP contribution is -2.13. The molecule has 0 aliphatic carbocycles. The number of hydrogen-bond acceptors (Lipinski definition) is 2. The normalized spacial score (nSPS) is 10.5. The molecule has 1 heterocycles. The number of nitrogens with one attached hydrogen (secondary N) is 1. The first-order valence-electron chi connectivity index (χ1n) is 5.80. The molecule has 0 fully saturated rings. The number of aromatic nitrogens is 2. The van der Waals surface area contributed by atoms with Crippen molar-refractivity contribution in [1.82, 2.24) is 9.78 Å². The number of hydrogen-bond donors (Lipinski definition) is 1. The molecule has 0 aliphatic rings. The Morgan fingerprint density at radius 3 is 2.89 bits per heavy atom. The third kappa shape index (κ3) is 3.01. The quantitative estimate of drug-likeness (QED) is 0.942. The van der Waals surface area contributed by atoms with Gasteiger partial charge in [-0.3, -0.25) is 9.48 Å². The van der Waals surface area contributed by atoms with Gasteiger partial charge in [-0.2, -0.15) is 5.10 Å². The predicted molar refractivity (Wildman–Crippen MR) is 74.6 cm³/mol. The monoisotopic (exact) mass is 325 g/mol. The van der Waals surface area contributed by atoms with Crippen LogP contribution in [-0.2, 0) is 13.5 Å². The second-order valence-electron chi connectivity index (χ2n) is 4.09. The van der Waals surface area contributed by atoms with E-state index in [2.05, 4.69) is 26.3 Å². The molecule has 0 saturated heterocycles. The molecule has 2 rings (SSSR count). The van der Waals surface area contributed by atoms with Crippen molar-refractivity contribution in [3.8, 4) is 0 Å². The van der Waals surface area contributed by atoms with Gasteiger partial charge in [-0.25, -0.2) is 4.39 Å². The summed E-state index contributed by atoms with van der Waals surface area (Å²) in [5, 5.41) is 6.95. The minimum absolute atomic E-state index is 0.253. The van der Waals surface area contributed by atoms with Crippen LogP contribution in [0.25, 0.3) is 0 Å². The zero-order valence-corrected chi connectivity index (χ0v) is 12.2. The minimum Gasteiger partial charge on any atom is -0.321 e. The van der Waals surface area contributed by atoms with Gasteiger partial charge in [-0.15, -0.1) is 0 Å². The summed E-state index contributed by atoms with van der Waals surface area (Å²) in [4.78, 5) is 12.2. The molecule has 2 aromatic rings. The maximum atomic E-state index is 13.0. The van der Waals surface area contributed by atoms with Gasteiger partial charge in [0, 0.05) is 17.7 Å². The third-order valence-electron chi connectivity index (χ3n) is 2.66. The van der Waals surface area contributed by atoms with Crippen LogP contribution in [0.1, 0.15) is 23.0 Å². The Labute approximate surface area is 118 Å². The molecule has 6 heteroatoms. The molecule has 0 spiro atoms. The fraction of sp³-hybridized carbons (Fsp3) is 0.231. The second-order valence-corrected chi connectivity index (χ2v) is 4.95. The van der Waals surface area contributed by atoms with E-state index in [0.717, 1.165) is 5.69 Å². The molecule has 0 atom stereocenters. The van der Waals surface area contributed by atoms with Crippen LogP contribution in [-0.4, -0.2) is 15.7 Å². The molecule has 4 nitrogen and oxygen atoms in total. The van der Waals surface area contributed by atoms with E-state index < -0.39 is 0 Å². The number of carbonyl (C=O) groups excluding carboxylic acids is 1. The van der Waals surface area contributed by atoms with Crippen LogP contribution in [0.3, 0.4) is 0 Å². The zero-order chi connectivity index (χ0) is 14.0. The molecular weight excluding hydrogens is 313 g/mol. The summed E-state index contributed by atoms with van der Waals surface area (Å²) in [5.41, 5.74) is 1.79. The average Bonchev–Trinajstić information content (AvgIpc) is 2.74. The first kappa shape index (κ1) is 13.7. The lowest BCUT2D eigenvalue weighted by Gasteiger charge is -2.07. The first-order valence-corrected chi connectivity index (χ1v) is 6.59. The SMILES string of the molecule is CCc1nn(C)cc1C(=O)Nc1ccc(F)cc1Br. The molecule has 0 bridgehead atoms. The highest BCUT2D eigenvalue weighted by atomic mass is 79.9. The van der Waals surface area contributed by atoms with Gasteiger partial charge in [0.05, 0.1) is 16.9 Å². The third-order valence-corrected chi connectivity index (χ3v) is 3.32. The van der Waals surface area contributed by atoms with E-state index in [-0.39, 0.29) is 11.7 Å². The van der Waals surface area contributed by atoms with E-state index in [4.69, 9.17) is 0 Å². The van der Waals surface area contributed by atoms with E-state index in [1.165, 1.54) is 18.2 Å². The van der Waals surface area contributed by atoms with Crippen LogP contribution in [0.5, 0.6) is 0 Å². The summed E-state index contributed by atoms with van der Waals surface area (Å²) in [5.74, 6) is -0.613. The molecule has 1 N–H and O–H groups in total. The van der Waals surface area contributed by atoms with Crippen molar-refractivity contribution in [2.24, 2.45) is 7.05 Å². The van der Waals surface area contributed by atoms with Crippen LogP contribution < -0.4 is 5.32 Å². The fourth-order valence-electron chi connectivity index (χ4n) is 1.77. The van der Waals surface area contributed by atoms with Crippen molar-refractivity contribution in [3.63, 3.8) is 0 Å². The summed E-state index contributed by atoms with van der Waals surface area (Å²) >= 11 is 3.21. The number of halogens is 2. The van der Waals surface area contributed by atoms with Crippen molar-refractivity contribution in [1.29, 1.82) is 0 Å². The number of carbonyl (C=O) groups is 1. The van der Waals surface area contributed by atoms with Gasteiger partial charge in [0.15, 0.2) is 0 Å². The van der Waals surface area contributed by atoms with E-state index in [0.29, 0.717) is 22.1 Å². The van der Waals surface area contributed by atoms with Gasteiger partial charge in [0.1, 0.15) is 5.82 Å². The van der Waals surface area contributed by atoms with Crippen LogP contribution >= 0.6 is 15.9 Å². The number of aryl methyl sites for hydroxylation is 2. The Morgan fingerprint density at radius 1 is 1.53 bits per heavy atom. The van der Waals surface area contributed by atoms with Crippen molar-refractivity contribution >= 4 is 27.5 Å². The molecule has 1 aromatic carbocycles. The van der Waals surface area contributed by atoms with Crippen molar-refractivity contribution in [2.75, 3.05) is 5.32 Å². The van der Waals surface area contributed by atoms with E-state index in [9.17, 15) is 9.18 Å². The van der Waals surface area contributed by atoms with Crippen LogP contribution in [0.4, 0.5) is 10.1 Å². The summed E-state index contributed by atoms with van der Waals surface area (Å²) < 4.78 is 15.1. The number of amides is 1. The molecule has 0 radical (unpaired) electrons. The summed E-state index contributed by atoms with van der Waals surface area (Å²) in [7, 11) is 1.77. The molecule has 0 saturated carbocycles. The van der Waals surface area contributed by atoms with Gasteiger partial charge in [-0.05, 0) is 40.5 Å². The molecule has 1 amide bonds. The Morgan fingerprint density at radius 2 is 2.26 bits per heavy atom. The second kappa shape index (κ2) is 5.52. The standard InChI is InChI=1S/C13H13BrFN3O/c1-3-11-9(7-18(2)17-11)13(19)16-12-5-4-8(15)6-10(12)14/h4-7H,3H2,1-2H3,(H,16,19). The van der Waals surface area contributed by atoms with Crippen LogP contribution in [0, 0.1) is 5.82 Å². The summed E-state index contributed by atoms with van der Waals surface area (Å²) in [6.45, 7) is 1.94. The highest BCUT2D eigenvalue weighted by molar-refractivity contribution is 9.10. The molecule has 0 unspecified atom stereocenters. The number of benzene rings is 1. The Hall–Kier alpha value is -1.69. The highest BCUT2D eigenvalue weighted by Crippen LogP contribution is 2.24. The Kier molecular flexibility index (Phi) is 3.99. The lowest BCUT2D eigenvalue weighted by atomic mass is 10.2. The molecule has 100 valence electrons. The molecular formula is C13H13BrFN3O. The van der Waals surface area contributed by atoms with Gasteiger partial charge < -0.3 is 5.32 Å². The van der Waals surface area contributed by atoms with Gasteiger partial charge >= 0.3 is 0 Å². The minimum atomic E-state index is -0.361. The molecule has 19 heavy (non-hydrogen) atoms. The van der Waals surface area contributed by atoms with Crippen LogP contribution in [0.15, 0.2) is 28.9 Å². The smallest absolute Gasteiger partial charge is 0.259 e. The topological polar surface area (TPSA) is 46.9 Å². The van der Waals surface area contributed by atoms with E-state index in [1.807, 2.05) is 6.92 Å². The van der Waals surface area contributed by atoms with E-state index >= 15 is 0 Å². The summed E-state index contributed by atoms with van der Waals surface area (Å²) in [6.07, 6.45) is 2.35.